The van der Waals surface area contributed by atoms with Gasteiger partial charge in [0.1, 0.15) is 5.75 Å². The largest absolute Gasteiger partial charge is 0.490 e. The fraction of sp³-hybridized carbons (Fsp3) is 0.0909. The van der Waals surface area contributed by atoms with Crippen molar-refractivity contribution in [1.82, 2.24) is 5.43 Å². The van der Waals surface area contributed by atoms with Crippen LogP contribution in [0.4, 0.5) is 5.69 Å². The van der Waals surface area contributed by atoms with E-state index in [0.717, 1.165) is 11.1 Å². The summed E-state index contributed by atoms with van der Waals surface area (Å²) in [5.74, 6) is 0.261. The van der Waals surface area contributed by atoms with Gasteiger partial charge in [0.25, 0.3) is 5.91 Å². The number of hydrazone groups is 1. The number of nitro groups is 1. The summed E-state index contributed by atoms with van der Waals surface area (Å²) in [7, 11) is 1.35. The maximum Gasteiger partial charge on any atom is 0.311 e. The molecule has 3 rings (SSSR count). The first-order chi connectivity index (χ1) is 14.6. The number of hydrogen-bond acceptors (Lipinski definition) is 6. The Kier molecular flexibility index (Phi) is 6.73. The van der Waals surface area contributed by atoms with Gasteiger partial charge in [-0.25, -0.2) is 5.43 Å². The third-order valence-corrected chi connectivity index (χ3v) is 4.13. The second-order valence-electron chi connectivity index (χ2n) is 6.13. The zero-order valence-corrected chi connectivity index (χ0v) is 16.1. The van der Waals surface area contributed by atoms with Gasteiger partial charge < -0.3 is 9.47 Å². The molecule has 0 aliphatic rings. The quantitative estimate of drug-likeness (QED) is 0.349. The Labute approximate surface area is 172 Å². The second-order valence-corrected chi connectivity index (χ2v) is 6.13. The summed E-state index contributed by atoms with van der Waals surface area (Å²) in [6, 6.07) is 21.5. The number of nitro benzene ring substituents is 1. The van der Waals surface area contributed by atoms with E-state index in [2.05, 4.69) is 10.5 Å². The van der Waals surface area contributed by atoms with Crippen LogP contribution in [0.15, 0.2) is 77.9 Å². The smallest absolute Gasteiger partial charge is 0.311 e. The predicted octanol–water partition coefficient (Wildman–Crippen LogP) is 3.80. The molecule has 0 aliphatic heterocycles. The van der Waals surface area contributed by atoms with Gasteiger partial charge in [0.15, 0.2) is 12.4 Å². The van der Waals surface area contributed by atoms with Crippen LogP contribution in [-0.2, 0) is 4.79 Å². The third kappa shape index (κ3) is 5.20. The van der Waals surface area contributed by atoms with Crippen molar-refractivity contribution >= 4 is 17.8 Å². The highest BCUT2D eigenvalue weighted by Crippen LogP contribution is 2.29. The minimum Gasteiger partial charge on any atom is -0.490 e. The van der Waals surface area contributed by atoms with Crippen LogP contribution in [0.25, 0.3) is 11.1 Å². The van der Waals surface area contributed by atoms with E-state index < -0.39 is 10.8 Å². The van der Waals surface area contributed by atoms with Crippen molar-refractivity contribution in [3.8, 4) is 22.6 Å². The van der Waals surface area contributed by atoms with Gasteiger partial charge in [0.2, 0.25) is 0 Å². The number of nitrogens with zero attached hydrogens (tertiary/aromatic N) is 2. The van der Waals surface area contributed by atoms with Gasteiger partial charge in [-0.05, 0) is 23.8 Å². The first kappa shape index (κ1) is 20.5. The second kappa shape index (κ2) is 9.83. The Balaban J connectivity index is 1.60. The number of amides is 1. The Hall–Kier alpha value is -4.20. The number of rotatable bonds is 8. The first-order valence-corrected chi connectivity index (χ1v) is 9.00. The number of carbonyl (C=O) groups is 1. The Morgan fingerprint density at radius 1 is 1.07 bits per heavy atom. The topological polar surface area (TPSA) is 103 Å². The van der Waals surface area contributed by atoms with E-state index in [1.165, 1.54) is 25.5 Å². The molecule has 0 saturated heterocycles. The average molecular weight is 405 g/mol. The van der Waals surface area contributed by atoms with Crippen LogP contribution < -0.4 is 14.9 Å². The summed E-state index contributed by atoms with van der Waals surface area (Å²) < 4.78 is 10.6. The molecule has 152 valence electrons. The number of ether oxygens (including phenoxy) is 2. The van der Waals surface area contributed by atoms with Gasteiger partial charge in [-0.2, -0.15) is 5.10 Å². The minimum atomic E-state index is -0.549. The molecule has 0 aliphatic carbocycles. The maximum absolute atomic E-state index is 12.1. The zero-order valence-electron chi connectivity index (χ0n) is 16.1. The number of benzene rings is 3. The van der Waals surface area contributed by atoms with Crippen molar-refractivity contribution in [2.24, 2.45) is 5.10 Å². The zero-order chi connectivity index (χ0) is 21.3. The summed E-state index contributed by atoms with van der Waals surface area (Å²) in [6.07, 6.45) is 1.31. The molecule has 0 saturated carbocycles. The molecular weight excluding hydrogens is 386 g/mol. The average Bonchev–Trinajstić information content (AvgIpc) is 2.78. The standard InChI is InChI=1S/C22H19N3O5/c1-29-21-12-11-16(13-19(21)25(27)28)14-23-24-22(26)15-30-20-10-6-5-9-18(20)17-7-3-2-4-8-17/h2-14H,15H2,1H3,(H,24,26)/b23-14+. The van der Waals surface area contributed by atoms with Gasteiger partial charge >= 0.3 is 5.69 Å². The molecule has 0 fully saturated rings. The van der Waals surface area contributed by atoms with E-state index in [1.807, 2.05) is 48.5 Å². The summed E-state index contributed by atoms with van der Waals surface area (Å²) in [5, 5.41) is 14.9. The van der Waals surface area contributed by atoms with E-state index in [1.54, 1.807) is 12.1 Å². The monoisotopic (exact) mass is 405 g/mol. The lowest BCUT2D eigenvalue weighted by Crippen LogP contribution is -2.24. The van der Waals surface area contributed by atoms with E-state index in [9.17, 15) is 14.9 Å². The number of para-hydroxylation sites is 1. The van der Waals surface area contributed by atoms with Gasteiger partial charge in [-0.1, -0.05) is 48.5 Å². The van der Waals surface area contributed by atoms with Crippen LogP contribution in [0.3, 0.4) is 0 Å². The molecule has 0 unspecified atom stereocenters. The van der Waals surface area contributed by atoms with Gasteiger partial charge in [0, 0.05) is 17.2 Å². The summed E-state index contributed by atoms with van der Waals surface area (Å²) >= 11 is 0. The number of methoxy groups -OCH3 is 1. The molecular formula is C22H19N3O5. The molecule has 30 heavy (non-hydrogen) atoms. The van der Waals surface area contributed by atoms with E-state index in [4.69, 9.17) is 9.47 Å². The first-order valence-electron chi connectivity index (χ1n) is 9.00. The Morgan fingerprint density at radius 3 is 2.53 bits per heavy atom. The van der Waals surface area contributed by atoms with Crippen molar-refractivity contribution in [2.75, 3.05) is 13.7 Å². The summed E-state index contributed by atoms with van der Waals surface area (Å²) in [5.41, 5.74) is 4.45. The van der Waals surface area contributed by atoms with E-state index in [-0.39, 0.29) is 18.0 Å². The predicted molar refractivity (Wildman–Crippen MR) is 113 cm³/mol. The van der Waals surface area contributed by atoms with Crippen molar-refractivity contribution in [3.63, 3.8) is 0 Å². The molecule has 3 aromatic rings. The van der Waals surface area contributed by atoms with Crippen LogP contribution in [0.5, 0.6) is 11.5 Å². The molecule has 1 amide bonds. The molecule has 0 aromatic heterocycles. The molecule has 0 bridgehead atoms. The van der Waals surface area contributed by atoms with Crippen molar-refractivity contribution in [3.05, 3.63) is 88.5 Å². The lowest BCUT2D eigenvalue weighted by molar-refractivity contribution is -0.385. The number of hydrogen-bond donors (Lipinski definition) is 1. The van der Waals surface area contributed by atoms with Crippen LogP contribution in [0.2, 0.25) is 0 Å². The molecule has 1 N–H and O–H groups in total. The SMILES string of the molecule is COc1ccc(/C=N/NC(=O)COc2ccccc2-c2ccccc2)cc1[N+](=O)[O-]. The van der Waals surface area contributed by atoms with Gasteiger partial charge in [0.05, 0.1) is 18.2 Å². The van der Waals surface area contributed by atoms with Crippen LogP contribution in [-0.4, -0.2) is 30.8 Å². The van der Waals surface area contributed by atoms with Crippen LogP contribution in [0.1, 0.15) is 5.56 Å². The number of nitrogens with one attached hydrogen (secondary N) is 1. The van der Waals surface area contributed by atoms with Crippen LogP contribution >= 0.6 is 0 Å². The van der Waals surface area contributed by atoms with Crippen molar-refractivity contribution in [1.29, 1.82) is 0 Å². The minimum absolute atomic E-state index is 0.145. The summed E-state index contributed by atoms with van der Waals surface area (Å²) in [6.45, 7) is -0.232. The Bertz CT molecular complexity index is 1070. The normalized spacial score (nSPS) is 10.6. The third-order valence-electron chi connectivity index (χ3n) is 4.13. The lowest BCUT2D eigenvalue weighted by Gasteiger charge is -2.10. The number of carbonyl (C=O) groups excluding carboxylic acids is 1. The molecule has 0 heterocycles. The van der Waals surface area contributed by atoms with Crippen LogP contribution in [0, 0.1) is 10.1 Å². The Morgan fingerprint density at radius 2 is 1.80 bits per heavy atom. The molecule has 0 spiro atoms. The van der Waals surface area contributed by atoms with Gasteiger partial charge in [-0.15, -0.1) is 0 Å². The molecule has 0 atom stereocenters. The van der Waals surface area contributed by atoms with Crippen molar-refractivity contribution in [2.45, 2.75) is 0 Å². The summed E-state index contributed by atoms with van der Waals surface area (Å²) in [4.78, 5) is 22.6. The molecule has 3 aromatic carbocycles. The van der Waals surface area contributed by atoms with E-state index >= 15 is 0 Å². The molecule has 8 nitrogen and oxygen atoms in total. The van der Waals surface area contributed by atoms with Gasteiger partial charge in [-0.3, -0.25) is 14.9 Å². The highest BCUT2D eigenvalue weighted by atomic mass is 16.6. The molecule has 0 radical (unpaired) electrons. The molecule has 8 heteroatoms. The highest BCUT2D eigenvalue weighted by molar-refractivity contribution is 5.84. The fourth-order valence-electron chi connectivity index (χ4n) is 2.73. The lowest BCUT2D eigenvalue weighted by atomic mass is 10.1. The van der Waals surface area contributed by atoms with E-state index in [0.29, 0.717) is 11.3 Å². The highest BCUT2D eigenvalue weighted by Gasteiger charge is 2.14. The fourth-order valence-corrected chi connectivity index (χ4v) is 2.73. The van der Waals surface area contributed by atoms with Crippen molar-refractivity contribution < 1.29 is 19.2 Å². The maximum atomic E-state index is 12.1.